The molecule has 4 heteroatoms. The molecule has 0 aliphatic heterocycles. The van der Waals surface area contributed by atoms with Crippen molar-refractivity contribution in [2.75, 3.05) is 7.11 Å². The number of ether oxygens (including phenoxy) is 1. The third-order valence-corrected chi connectivity index (χ3v) is 2.12. The molecule has 0 aliphatic carbocycles. The summed E-state index contributed by atoms with van der Waals surface area (Å²) in [5.74, 6) is 0.250. The molecule has 0 fully saturated rings. The number of hydrogen-bond donors (Lipinski definition) is 0. The Morgan fingerprint density at radius 3 is 2.38 bits per heavy atom. The van der Waals surface area contributed by atoms with Crippen molar-refractivity contribution in [2.24, 2.45) is 0 Å². The predicted octanol–water partition coefficient (Wildman–Crippen LogP) is 1.72. The Kier molecular flexibility index (Phi) is 2.91. The van der Waals surface area contributed by atoms with Crippen LogP contribution in [0.5, 0.6) is 5.88 Å². The van der Waals surface area contributed by atoms with Crippen molar-refractivity contribution in [3.8, 4) is 5.88 Å². The minimum absolute atomic E-state index is 0.143. The molecule has 16 heavy (non-hydrogen) atoms. The van der Waals surface area contributed by atoms with Gasteiger partial charge in [-0.15, -0.1) is 10.2 Å². The van der Waals surface area contributed by atoms with E-state index in [1.807, 2.05) is 18.2 Å². The molecule has 1 aromatic heterocycles. The second-order valence-electron chi connectivity index (χ2n) is 3.16. The predicted molar refractivity (Wildman–Crippen MR) is 58.5 cm³/mol. The molecular formula is C12H10N2O2. The lowest BCUT2D eigenvalue weighted by Crippen LogP contribution is -2.05. The van der Waals surface area contributed by atoms with Crippen LogP contribution in [0.4, 0.5) is 0 Å². The van der Waals surface area contributed by atoms with E-state index in [1.54, 1.807) is 24.3 Å². The minimum atomic E-state index is -0.143. The normalized spacial score (nSPS) is 9.81. The molecule has 0 saturated carbocycles. The van der Waals surface area contributed by atoms with Gasteiger partial charge in [-0.25, -0.2) is 0 Å². The Bertz CT molecular complexity index is 480. The van der Waals surface area contributed by atoms with E-state index < -0.39 is 0 Å². The van der Waals surface area contributed by atoms with Crippen LogP contribution in [0.25, 0.3) is 0 Å². The summed E-state index contributed by atoms with van der Waals surface area (Å²) in [5, 5.41) is 7.55. The van der Waals surface area contributed by atoms with Gasteiger partial charge in [0.15, 0.2) is 0 Å². The zero-order valence-electron chi connectivity index (χ0n) is 8.75. The number of rotatable bonds is 3. The first-order valence-corrected chi connectivity index (χ1v) is 4.79. The van der Waals surface area contributed by atoms with Crippen molar-refractivity contribution in [2.45, 2.75) is 0 Å². The fraction of sp³-hybridized carbons (Fsp3) is 0.0833. The van der Waals surface area contributed by atoms with E-state index in [0.29, 0.717) is 17.1 Å². The maximum atomic E-state index is 11.9. The fourth-order valence-electron chi connectivity index (χ4n) is 1.29. The van der Waals surface area contributed by atoms with Crippen molar-refractivity contribution in [1.82, 2.24) is 10.2 Å². The van der Waals surface area contributed by atoms with Gasteiger partial charge in [0.2, 0.25) is 11.7 Å². The van der Waals surface area contributed by atoms with E-state index in [9.17, 15) is 4.79 Å². The van der Waals surface area contributed by atoms with Crippen LogP contribution in [0.2, 0.25) is 0 Å². The minimum Gasteiger partial charge on any atom is -0.480 e. The largest absolute Gasteiger partial charge is 0.480 e. The molecule has 0 amide bonds. The molecule has 1 aromatic carbocycles. The van der Waals surface area contributed by atoms with Crippen molar-refractivity contribution in [3.63, 3.8) is 0 Å². The highest BCUT2D eigenvalue weighted by Gasteiger charge is 2.10. The summed E-state index contributed by atoms with van der Waals surface area (Å²) in [4.78, 5) is 11.9. The van der Waals surface area contributed by atoms with Crippen LogP contribution in [0, 0.1) is 0 Å². The van der Waals surface area contributed by atoms with Crippen molar-refractivity contribution in [3.05, 3.63) is 53.7 Å². The summed E-state index contributed by atoms with van der Waals surface area (Å²) in [7, 11) is 1.50. The third kappa shape index (κ3) is 2.06. The van der Waals surface area contributed by atoms with Crippen molar-refractivity contribution >= 4 is 5.78 Å². The highest BCUT2D eigenvalue weighted by Crippen LogP contribution is 2.09. The molecule has 2 rings (SSSR count). The van der Waals surface area contributed by atoms with Crippen LogP contribution in [0.15, 0.2) is 42.5 Å². The molecule has 2 aromatic rings. The Morgan fingerprint density at radius 1 is 1.06 bits per heavy atom. The first-order chi connectivity index (χ1) is 7.81. The molecule has 0 saturated heterocycles. The van der Waals surface area contributed by atoms with E-state index in [-0.39, 0.29) is 5.78 Å². The van der Waals surface area contributed by atoms with Crippen LogP contribution in [0.1, 0.15) is 16.1 Å². The molecule has 4 nitrogen and oxygen atoms in total. The Balaban J connectivity index is 2.28. The fourth-order valence-corrected chi connectivity index (χ4v) is 1.29. The average Bonchev–Trinajstić information content (AvgIpc) is 2.39. The van der Waals surface area contributed by atoms with Crippen LogP contribution < -0.4 is 4.74 Å². The standard InChI is InChI=1S/C12H10N2O2/c1-16-11-8-7-10(13-14-11)12(15)9-5-3-2-4-6-9/h2-8H,1H3. The Labute approximate surface area is 92.9 Å². The second kappa shape index (κ2) is 4.53. The number of hydrogen-bond acceptors (Lipinski definition) is 4. The molecule has 0 unspecified atom stereocenters. The first-order valence-electron chi connectivity index (χ1n) is 4.79. The maximum Gasteiger partial charge on any atom is 0.233 e. The summed E-state index contributed by atoms with van der Waals surface area (Å²) in [6.07, 6.45) is 0. The van der Waals surface area contributed by atoms with Gasteiger partial charge in [0.25, 0.3) is 0 Å². The van der Waals surface area contributed by atoms with Gasteiger partial charge in [-0.3, -0.25) is 4.79 Å². The zero-order valence-corrected chi connectivity index (χ0v) is 8.75. The van der Waals surface area contributed by atoms with E-state index in [4.69, 9.17) is 4.74 Å². The molecule has 0 radical (unpaired) electrons. The topological polar surface area (TPSA) is 52.1 Å². The second-order valence-corrected chi connectivity index (χ2v) is 3.16. The van der Waals surface area contributed by atoms with Gasteiger partial charge in [0.1, 0.15) is 5.69 Å². The van der Waals surface area contributed by atoms with Gasteiger partial charge < -0.3 is 4.74 Å². The number of carbonyl (C=O) groups excluding carboxylic acids is 1. The van der Waals surface area contributed by atoms with Gasteiger partial charge in [-0.1, -0.05) is 30.3 Å². The SMILES string of the molecule is COc1ccc(C(=O)c2ccccc2)nn1. The lowest BCUT2D eigenvalue weighted by molar-refractivity contribution is 0.103. The molecule has 0 atom stereocenters. The summed E-state index contributed by atoms with van der Waals surface area (Å²) in [6, 6.07) is 12.2. The monoisotopic (exact) mass is 214 g/mol. The number of ketones is 1. The molecule has 80 valence electrons. The first kappa shape index (κ1) is 10.3. The molecule has 1 heterocycles. The Hall–Kier alpha value is -2.23. The summed E-state index contributed by atoms with van der Waals surface area (Å²) in [5.41, 5.74) is 0.911. The van der Waals surface area contributed by atoms with Gasteiger partial charge in [-0.2, -0.15) is 0 Å². The molecule has 0 N–H and O–H groups in total. The van der Waals surface area contributed by atoms with Gasteiger partial charge in [0, 0.05) is 11.6 Å². The van der Waals surface area contributed by atoms with Gasteiger partial charge in [0.05, 0.1) is 7.11 Å². The van der Waals surface area contributed by atoms with Crippen LogP contribution in [-0.4, -0.2) is 23.1 Å². The number of carbonyl (C=O) groups is 1. The van der Waals surface area contributed by atoms with Crippen LogP contribution >= 0.6 is 0 Å². The molecule has 0 bridgehead atoms. The number of aromatic nitrogens is 2. The number of methoxy groups -OCH3 is 1. The molecule has 0 aliphatic rings. The number of benzene rings is 1. The summed E-state index contributed by atoms with van der Waals surface area (Å²) >= 11 is 0. The summed E-state index contributed by atoms with van der Waals surface area (Å²) < 4.78 is 4.87. The molecule has 0 spiro atoms. The van der Waals surface area contributed by atoms with Crippen molar-refractivity contribution in [1.29, 1.82) is 0 Å². The van der Waals surface area contributed by atoms with Gasteiger partial charge in [-0.05, 0) is 6.07 Å². The molecular weight excluding hydrogens is 204 g/mol. The number of nitrogens with zero attached hydrogens (tertiary/aromatic N) is 2. The van der Waals surface area contributed by atoms with E-state index in [0.717, 1.165) is 0 Å². The average molecular weight is 214 g/mol. The highest BCUT2D eigenvalue weighted by atomic mass is 16.5. The Morgan fingerprint density at radius 2 is 1.81 bits per heavy atom. The van der Waals surface area contributed by atoms with Crippen LogP contribution in [-0.2, 0) is 0 Å². The van der Waals surface area contributed by atoms with E-state index >= 15 is 0 Å². The zero-order chi connectivity index (χ0) is 11.4. The third-order valence-electron chi connectivity index (χ3n) is 2.12. The van der Waals surface area contributed by atoms with E-state index in [2.05, 4.69) is 10.2 Å². The van der Waals surface area contributed by atoms with Crippen molar-refractivity contribution < 1.29 is 9.53 Å². The smallest absolute Gasteiger partial charge is 0.233 e. The van der Waals surface area contributed by atoms with Gasteiger partial charge >= 0.3 is 0 Å². The van der Waals surface area contributed by atoms with E-state index in [1.165, 1.54) is 7.11 Å². The lowest BCUT2D eigenvalue weighted by atomic mass is 10.1. The lowest BCUT2D eigenvalue weighted by Gasteiger charge is -2.00. The maximum absolute atomic E-state index is 11.9. The summed E-state index contributed by atoms with van der Waals surface area (Å²) in [6.45, 7) is 0. The quantitative estimate of drug-likeness (QED) is 0.730. The van der Waals surface area contributed by atoms with Crippen LogP contribution in [0.3, 0.4) is 0 Å². The highest BCUT2D eigenvalue weighted by molar-refractivity contribution is 6.07.